The number of methoxy groups -OCH3 is 3. The van der Waals surface area contributed by atoms with E-state index in [1.807, 2.05) is 0 Å². The first-order valence-electron chi connectivity index (χ1n) is 10.4. The number of hydrogen-bond donors (Lipinski definition) is 1. The maximum absolute atomic E-state index is 13.1. The van der Waals surface area contributed by atoms with Crippen LogP contribution in [0.3, 0.4) is 0 Å². The van der Waals surface area contributed by atoms with Gasteiger partial charge in [-0.15, -0.1) is 0 Å². The standard InChI is InChI=1S/C24H25NO8/c1-29-9-8-25-21(14-4-7-17-19(12-14)33-11-10-32-17)20(23(27)24(25)28)22(26)15-5-6-16(30-2)18(13-15)31-3/h4-7,12-13,21,26H,8-11H2,1-3H3/b22-20+. The van der Waals surface area contributed by atoms with E-state index in [9.17, 15) is 14.7 Å². The summed E-state index contributed by atoms with van der Waals surface area (Å²) in [5, 5.41) is 11.2. The molecule has 0 saturated carbocycles. The van der Waals surface area contributed by atoms with Gasteiger partial charge in [-0.25, -0.2) is 0 Å². The average Bonchev–Trinajstić information content (AvgIpc) is 3.11. The third-order valence-corrected chi connectivity index (χ3v) is 5.62. The minimum Gasteiger partial charge on any atom is -0.507 e. The third kappa shape index (κ3) is 4.07. The molecule has 33 heavy (non-hydrogen) atoms. The smallest absolute Gasteiger partial charge is 0.295 e. The third-order valence-electron chi connectivity index (χ3n) is 5.62. The first kappa shape index (κ1) is 22.5. The monoisotopic (exact) mass is 455 g/mol. The quantitative estimate of drug-likeness (QED) is 0.386. The van der Waals surface area contributed by atoms with Gasteiger partial charge in [0, 0.05) is 19.2 Å². The largest absolute Gasteiger partial charge is 0.507 e. The van der Waals surface area contributed by atoms with E-state index in [2.05, 4.69) is 0 Å². The number of likely N-dealkylation sites (tertiary alicyclic amines) is 1. The molecule has 0 aromatic heterocycles. The molecule has 1 unspecified atom stereocenters. The number of carbonyl (C=O) groups excluding carboxylic acids is 2. The van der Waals surface area contributed by atoms with Gasteiger partial charge in [0.15, 0.2) is 23.0 Å². The highest BCUT2D eigenvalue weighted by molar-refractivity contribution is 6.46. The second-order valence-corrected chi connectivity index (χ2v) is 7.46. The number of rotatable bonds is 7. The highest BCUT2D eigenvalue weighted by Crippen LogP contribution is 2.43. The number of ether oxygens (including phenoxy) is 5. The van der Waals surface area contributed by atoms with Crippen molar-refractivity contribution >= 4 is 17.4 Å². The molecule has 2 aliphatic rings. The molecule has 2 aliphatic heterocycles. The van der Waals surface area contributed by atoms with E-state index in [0.29, 0.717) is 47.3 Å². The van der Waals surface area contributed by atoms with Crippen LogP contribution < -0.4 is 18.9 Å². The van der Waals surface area contributed by atoms with Crippen LogP contribution in [0.15, 0.2) is 42.0 Å². The summed E-state index contributed by atoms with van der Waals surface area (Å²) in [7, 11) is 4.49. The number of fused-ring (bicyclic) bond motifs is 1. The van der Waals surface area contributed by atoms with Crippen LogP contribution in [0.4, 0.5) is 0 Å². The molecule has 0 aliphatic carbocycles. The lowest BCUT2D eigenvalue weighted by Gasteiger charge is -2.26. The van der Waals surface area contributed by atoms with Crippen molar-refractivity contribution in [2.75, 3.05) is 47.7 Å². The minimum absolute atomic E-state index is 0.0278. The summed E-state index contributed by atoms with van der Waals surface area (Å²) in [6.07, 6.45) is 0. The second-order valence-electron chi connectivity index (χ2n) is 7.46. The number of ketones is 1. The second kappa shape index (κ2) is 9.41. The zero-order valence-electron chi connectivity index (χ0n) is 18.6. The topological polar surface area (TPSA) is 104 Å². The van der Waals surface area contributed by atoms with Gasteiger partial charge in [0.25, 0.3) is 11.7 Å². The van der Waals surface area contributed by atoms with Crippen LogP contribution in [-0.4, -0.2) is 69.4 Å². The van der Waals surface area contributed by atoms with Gasteiger partial charge < -0.3 is 33.7 Å². The Morgan fingerprint density at radius 2 is 1.73 bits per heavy atom. The predicted octanol–water partition coefficient (Wildman–Crippen LogP) is 2.54. The minimum atomic E-state index is -0.830. The molecule has 9 heteroatoms. The lowest BCUT2D eigenvalue weighted by atomic mass is 9.94. The average molecular weight is 455 g/mol. The Morgan fingerprint density at radius 3 is 2.42 bits per heavy atom. The van der Waals surface area contributed by atoms with E-state index < -0.39 is 17.7 Å². The highest BCUT2D eigenvalue weighted by Gasteiger charge is 2.46. The molecule has 2 heterocycles. The van der Waals surface area contributed by atoms with Gasteiger partial charge in [-0.05, 0) is 35.9 Å². The zero-order valence-corrected chi connectivity index (χ0v) is 18.6. The van der Waals surface area contributed by atoms with Crippen LogP contribution >= 0.6 is 0 Å². The fraction of sp³-hybridized carbons (Fsp3) is 0.333. The Kier molecular flexibility index (Phi) is 6.41. The number of amides is 1. The Bertz CT molecular complexity index is 1110. The number of Topliss-reactive ketones (excluding diaryl/α,β-unsaturated/α-hetero) is 1. The van der Waals surface area contributed by atoms with Crippen molar-refractivity contribution in [2.45, 2.75) is 6.04 Å². The maximum atomic E-state index is 13.1. The molecule has 4 rings (SSSR count). The Labute approximate surface area is 191 Å². The van der Waals surface area contributed by atoms with Crippen LogP contribution in [0.25, 0.3) is 5.76 Å². The summed E-state index contributed by atoms with van der Waals surface area (Å²) in [6.45, 7) is 1.23. The van der Waals surface area contributed by atoms with Crippen molar-refractivity contribution in [3.63, 3.8) is 0 Å². The molecule has 0 radical (unpaired) electrons. The van der Waals surface area contributed by atoms with Crippen molar-refractivity contribution < 1.29 is 38.4 Å². The molecule has 9 nitrogen and oxygen atoms in total. The molecule has 1 atom stereocenters. The van der Waals surface area contributed by atoms with Crippen LogP contribution in [0.2, 0.25) is 0 Å². The number of benzene rings is 2. The van der Waals surface area contributed by atoms with Crippen LogP contribution in [0, 0.1) is 0 Å². The van der Waals surface area contributed by atoms with Crippen molar-refractivity contribution in [3.05, 3.63) is 53.1 Å². The van der Waals surface area contributed by atoms with E-state index in [-0.39, 0.29) is 24.5 Å². The molecular weight excluding hydrogens is 430 g/mol. The van der Waals surface area contributed by atoms with Crippen LogP contribution in [0.5, 0.6) is 23.0 Å². The summed E-state index contributed by atoms with van der Waals surface area (Å²) in [4.78, 5) is 27.4. The molecule has 2 aromatic carbocycles. The number of carbonyl (C=O) groups is 2. The molecule has 1 fully saturated rings. The normalized spacial score (nSPS) is 19.0. The van der Waals surface area contributed by atoms with Gasteiger partial charge in [0.05, 0.1) is 32.4 Å². The molecule has 0 bridgehead atoms. The first-order chi connectivity index (χ1) is 16.0. The summed E-state index contributed by atoms with van der Waals surface area (Å²) >= 11 is 0. The van der Waals surface area contributed by atoms with Gasteiger partial charge in [-0.1, -0.05) is 6.07 Å². The number of aliphatic hydroxyl groups excluding tert-OH is 1. The van der Waals surface area contributed by atoms with Gasteiger partial charge >= 0.3 is 0 Å². The Balaban J connectivity index is 1.85. The van der Waals surface area contributed by atoms with E-state index in [4.69, 9.17) is 23.7 Å². The maximum Gasteiger partial charge on any atom is 0.295 e. The Morgan fingerprint density at radius 1 is 1.00 bits per heavy atom. The summed E-state index contributed by atoms with van der Waals surface area (Å²) < 4.78 is 27.0. The summed E-state index contributed by atoms with van der Waals surface area (Å²) in [5.41, 5.74) is 0.900. The SMILES string of the molecule is COCCN1C(=O)C(=O)/C(=C(/O)c2ccc(OC)c(OC)c2)C1c1ccc2c(c1)OCCO2. The molecule has 1 N–H and O–H groups in total. The summed E-state index contributed by atoms with van der Waals surface area (Å²) in [6, 6.07) is 9.16. The predicted molar refractivity (Wildman–Crippen MR) is 118 cm³/mol. The molecule has 0 spiro atoms. The van der Waals surface area contributed by atoms with Crippen LogP contribution in [0.1, 0.15) is 17.2 Å². The lowest BCUT2D eigenvalue weighted by Crippen LogP contribution is -2.32. The molecule has 2 aromatic rings. The lowest BCUT2D eigenvalue weighted by molar-refractivity contribution is -0.140. The van der Waals surface area contributed by atoms with Crippen LogP contribution in [-0.2, 0) is 14.3 Å². The number of nitrogens with zero attached hydrogens (tertiary/aromatic N) is 1. The zero-order chi connectivity index (χ0) is 23.5. The van der Waals surface area contributed by atoms with E-state index in [0.717, 1.165) is 0 Å². The fourth-order valence-corrected chi connectivity index (χ4v) is 4.02. The molecule has 174 valence electrons. The molecule has 1 saturated heterocycles. The number of hydrogen-bond acceptors (Lipinski definition) is 8. The van der Waals surface area contributed by atoms with E-state index in [1.54, 1.807) is 36.4 Å². The van der Waals surface area contributed by atoms with Gasteiger partial charge in [0.1, 0.15) is 19.0 Å². The van der Waals surface area contributed by atoms with Gasteiger partial charge in [-0.2, -0.15) is 0 Å². The van der Waals surface area contributed by atoms with E-state index in [1.165, 1.54) is 26.2 Å². The van der Waals surface area contributed by atoms with E-state index >= 15 is 0 Å². The van der Waals surface area contributed by atoms with Crippen molar-refractivity contribution in [2.24, 2.45) is 0 Å². The highest BCUT2D eigenvalue weighted by atomic mass is 16.6. The number of aliphatic hydroxyl groups is 1. The summed E-state index contributed by atoms with van der Waals surface area (Å²) in [5.74, 6) is 0.145. The van der Waals surface area contributed by atoms with Crippen molar-refractivity contribution in [1.82, 2.24) is 4.90 Å². The fourth-order valence-electron chi connectivity index (χ4n) is 4.02. The molecule has 1 amide bonds. The molecular formula is C24H25NO8. The Hall–Kier alpha value is -3.72. The van der Waals surface area contributed by atoms with Gasteiger partial charge in [-0.3, -0.25) is 9.59 Å². The van der Waals surface area contributed by atoms with Crippen molar-refractivity contribution in [3.8, 4) is 23.0 Å². The first-order valence-corrected chi connectivity index (χ1v) is 10.4. The van der Waals surface area contributed by atoms with Gasteiger partial charge in [0.2, 0.25) is 0 Å². The van der Waals surface area contributed by atoms with Crippen molar-refractivity contribution in [1.29, 1.82) is 0 Å².